The standard InChI is InChI=1S/C13H21NO/c1-11(2)5-3-4-10-15-13-8-6-12(14)7-9-13/h6-9,11H,3-5,10,14H2,1-2H3. The Kier molecular flexibility index (Phi) is 5.02. The topological polar surface area (TPSA) is 35.2 Å². The predicted octanol–water partition coefficient (Wildman–Crippen LogP) is 3.47. The number of rotatable bonds is 6. The Balaban J connectivity index is 2.12. The minimum absolute atomic E-state index is 0.780. The first-order valence-electron chi connectivity index (χ1n) is 5.67. The molecule has 0 bridgehead atoms. The van der Waals surface area contributed by atoms with Crippen LogP contribution in [0.25, 0.3) is 0 Å². The van der Waals surface area contributed by atoms with Crippen molar-refractivity contribution in [3.05, 3.63) is 24.3 Å². The van der Waals surface area contributed by atoms with Crippen molar-refractivity contribution >= 4 is 5.69 Å². The van der Waals surface area contributed by atoms with Crippen LogP contribution in [0.4, 0.5) is 5.69 Å². The van der Waals surface area contributed by atoms with Crippen LogP contribution in [0.1, 0.15) is 33.1 Å². The maximum absolute atomic E-state index is 5.59. The van der Waals surface area contributed by atoms with E-state index >= 15 is 0 Å². The molecule has 0 aliphatic rings. The number of hydrogen-bond donors (Lipinski definition) is 1. The summed E-state index contributed by atoms with van der Waals surface area (Å²) < 4.78 is 5.59. The highest BCUT2D eigenvalue weighted by molar-refractivity contribution is 5.41. The predicted molar refractivity (Wildman–Crippen MR) is 65.0 cm³/mol. The fourth-order valence-corrected chi connectivity index (χ4v) is 1.41. The molecule has 0 spiro atoms. The number of nitrogen functional groups attached to an aromatic ring is 1. The first kappa shape index (κ1) is 11.9. The molecule has 0 radical (unpaired) electrons. The van der Waals surface area contributed by atoms with Gasteiger partial charge in [-0.2, -0.15) is 0 Å². The Morgan fingerprint density at radius 1 is 1.13 bits per heavy atom. The number of nitrogens with two attached hydrogens (primary N) is 1. The van der Waals surface area contributed by atoms with E-state index in [1.165, 1.54) is 12.8 Å². The number of hydrogen-bond acceptors (Lipinski definition) is 2. The summed E-state index contributed by atoms with van der Waals surface area (Å²) >= 11 is 0. The molecule has 1 rings (SSSR count). The molecule has 2 nitrogen and oxygen atoms in total. The lowest BCUT2D eigenvalue weighted by molar-refractivity contribution is 0.301. The van der Waals surface area contributed by atoms with E-state index < -0.39 is 0 Å². The van der Waals surface area contributed by atoms with Gasteiger partial charge in [0.15, 0.2) is 0 Å². The molecule has 1 aromatic rings. The van der Waals surface area contributed by atoms with Gasteiger partial charge in [-0.25, -0.2) is 0 Å². The molecule has 0 heterocycles. The highest BCUT2D eigenvalue weighted by atomic mass is 16.5. The van der Waals surface area contributed by atoms with Crippen molar-refractivity contribution in [2.75, 3.05) is 12.3 Å². The van der Waals surface area contributed by atoms with Crippen LogP contribution < -0.4 is 10.5 Å². The second kappa shape index (κ2) is 6.33. The third-order valence-corrected chi connectivity index (χ3v) is 2.32. The Hall–Kier alpha value is -1.18. The summed E-state index contributed by atoms with van der Waals surface area (Å²) in [6.45, 7) is 5.30. The van der Waals surface area contributed by atoms with Crippen molar-refractivity contribution in [2.24, 2.45) is 5.92 Å². The van der Waals surface area contributed by atoms with E-state index in [-0.39, 0.29) is 0 Å². The molecule has 0 atom stereocenters. The van der Waals surface area contributed by atoms with E-state index in [0.717, 1.165) is 30.4 Å². The zero-order chi connectivity index (χ0) is 11.1. The van der Waals surface area contributed by atoms with E-state index in [2.05, 4.69) is 13.8 Å². The largest absolute Gasteiger partial charge is 0.494 e. The lowest BCUT2D eigenvalue weighted by atomic mass is 10.1. The molecule has 0 aliphatic heterocycles. The van der Waals surface area contributed by atoms with E-state index in [1.54, 1.807) is 0 Å². The SMILES string of the molecule is CC(C)CCCCOc1ccc(N)cc1. The average molecular weight is 207 g/mol. The Labute approximate surface area is 92.4 Å². The lowest BCUT2D eigenvalue weighted by Crippen LogP contribution is -1.98. The van der Waals surface area contributed by atoms with Gasteiger partial charge >= 0.3 is 0 Å². The summed E-state index contributed by atoms with van der Waals surface area (Å²) in [4.78, 5) is 0. The molecule has 2 heteroatoms. The average Bonchev–Trinajstić information content (AvgIpc) is 2.20. The summed E-state index contributed by atoms with van der Waals surface area (Å²) in [5.41, 5.74) is 6.36. The zero-order valence-electron chi connectivity index (χ0n) is 9.70. The fraction of sp³-hybridized carbons (Fsp3) is 0.538. The fourth-order valence-electron chi connectivity index (χ4n) is 1.41. The molecule has 1 aromatic carbocycles. The molecular formula is C13H21NO. The van der Waals surface area contributed by atoms with Crippen LogP contribution in [0.2, 0.25) is 0 Å². The second-order valence-electron chi connectivity index (χ2n) is 4.31. The first-order valence-corrected chi connectivity index (χ1v) is 5.67. The van der Waals surface area contributed by atoms with Crippen molar-refractivity contribution in [2.45, 2.75) is 33.1 Å². The molecule has 0 fully saturated rings. The van der Waals surface area contributed by atoms with Gasteiger partial charge in [-0.15, -0.1) is 0 Å². The number of anilines is 1. The Morgan fingerprint density at radius 2 is 1.80 bits per heavy atom. The number of ether oxygens (including phenoxy) is 1. The van der Waals surface area contributed by atoms with Gasteiger partial charge in [0.25, 0.3) is 0 Å². The maximum atomic E-state index is 5.59. The highest BCUT2D eigenvalue weighted by Crippen LogP contribution is 2.14. The monoisotopic (exact) mass is 207 g/mol. The van der Waals surface area contributed by atoms with Gasteiger partial charge in [0.05, 0.1) is 6.61 Å². The lowest BCUT2D eigenvalue weighted by Gasteiger charge is -2.07. The molecule has 0 aliphatic carbocycles. The normalized spacial score (nSPS) is 10.6. The smallest absolute Gasteiger partial charge is 0.119 e. The summed E-state index contributed by atoms with van der Waals surface area (Å²) in [5.74, 6) is 1.70. The molecule has 84 valence electrons. The van der Waals surface area contributed by atoms with Gasteiger partial charge in [0.1, 0.15) is 5.75 Å². The quantitative estimate of drug-likeness (QED) is 0.572. The summed E-state index contributed by atoms with van der Waals surface area (Å²) in [6.07, 6.45) is 3.65. The van der Waals surface area contributed by atoms with Crippen LogP contribution in [0.15, 0.2) is 24.3 Å². The van der Waals surface area contributed by atoms with Crippen LogP contribution in [-0.4, -0.2) is 6.61 Å². The molecule has 15 heavy (non-hydrogen) atoms. The molecule has 0 unspecified atom stereocenters. The number of benzene rings is 1. The van der Waals surface area contributed by atoms with Crippen molar-refractivity contribution in [1.29, 1.82) is 0 Å². The maximum Gasteiger partial charge on any atom is 0.119 e. The minimum Gasteiger partial charge on any atom is -0.494 e. The molecule has 0 aromatic heterocycles. The van der Waals surface area contributed by atoms with Gasteiger partial charge in [-0.05, 0) is 43.0 Å². The second-order valence-corrected chi connectivity index (χ2v) is 4.31. The van der Waals surface area contributed by atoms with E-state index in [4.69, 9.17) is 10.5 Å². The minimum atomic E-state index is 0.780. The Morgan fingerprint density at radius 3 is 2.40 bits per heavy atom. The third kappa shape index (κ3) is 5.31. The van der Waals surface area contributed by atoms with Gasteiger partial charge in [0.2, 0.25) is 0 Å². The molecule has 0 amide bonds. The third-order valence-electron chi connectivity index (χ3n) is 2.32. The highest BCUT2D eigenvalue weighted by Gasteiger charge is 1.95. The zero-order valence-corrected chi connectivity index (χ0v) is 9.70. The number of unbranched alkanes of at least 4 members (excludes halogenated alkanes) is 1. The van der Waals surface area contributed by atoms with Crippen LogP contribution >= 0.6 is 0 Å². The van der Waals surface area contributed by atoms with Crippen LogP contribution in [0.5, 0.6) is 5.75 Å². The summed E-state index contributed by atoms with van der Waals surface area (Å²) in [5, 5.41) is 0. The summed E-state index contributed by atoms with van der Waals surface area (Å²) in [6, 6.07) is 7.56. The van der Waals surface area contributed by atoms with Gasteiger partial charge in [-0.3, -0.25) is 0 Å². The van der Waals surface area contributed by atoms with Crippen molar-refractivity contribution in [3.63, 3.8) is 0 Å². The van der Waals surface area contributed by atoms with E-state index in [0.29, 0.717) is 0 Å². The van der Waals surface area contributed by atoms with Crippen molar-refractivity contribution < 1.29 is 4.74 Å². The van der Waals surface area contributed by atoms with Crippen molar-refractivity contribution in [1.82, 2.24) is 0 Å². The Bertz CT molecular complexity index is 266. The van der Waals surface area contributed by atoms with E-state index in [9.17, 15) is 0 Å². The van der Waals surface area contributed by atoms with Crippen molar-refractivity contribution in [3.8, 4) is 5.75 Å². The van der Waals surface area contributed by atoms with Crippen LogP contribution in [0, 0.1) is 5.92 Å². The van der Waals surface area contributed by atoms with Crippen LogP contribution in [-0.2, 0) is 0 Å². The van der Waals surface area contributed by atoms with Crippen LogP contribution in [0.3, 0.4) is 0 Å². The van der Waals surface area contributed by atoms with Gasteiger partial charge < -0.3 is 10.5 Å². The molecule has 2 N–H and O–H groups in total. The first-order chi connectivity index (χ1) is 7.18. The molecular weight excluding hydrogens is 186 g/mol. The summed E-state index contributed by atoms with van der Waals surface area (Å²) in [7, 11) is 0. The van der Waals surface area contributed by atoms with Gasteiger partial charge in [0, 0.05) is 5.69 Å². The van der Waals surface area contributed by atoms with E-state index in [1.807, 2.05) is 24.3 Å². The molecule has 0 saturated heterocycles. The molecule has 0 saturated carbocycles. The van der Waals surface area contributed by atoms with Gasteiger partial charge in [-0.1, -0.05) is 20.3 Å².